The van der Waals surface area contributed by atoms with E-state index in [0.29, 0.717) is 16.0 Å². The average molecular weight is 348 g/mol. The van der Waals surface area contributed by atoms with Crippen LogP contribution in [0.4, 0.5) is 0 Å². The van der Waals surface area contributed by atoms with Crippen molar-refractivity contribution in [3.63, 3.8) is 0 Å². The molecule has 2 nitrogen and oxygen atoms in total. The number of hydrogen-bond acceptors (Lipinski definition) is 1. The van der Waals surface area contributed by atoms with Gasteiger partial charge in [-0.3, -0.25) is 0 Å². The minimum absolute atomic E-state index is 0.165. The highest BCUT2D eigenvalue weighted by atomic mass is 35.5. The lowest BCUT2D eigenvalue weighted by Gasteiger charge is -2.28. The summed E-state index contributed by atoms with van der Waals surface area (Å²) in [5.41, 5.74) is 2.04. The number of imidazole rings is 1. The Morgan fingerprint density at radius 3 is 2.24 bits per heavy atom. The maximum atomic E-state index is 6.31. The second-order valence-corrected chi connectivity index (χ2v) is 8.19. The van der Waals surface area contributed by atoms with Gasteiger partial charge >= 0.3 is 0 Å². The van der Waals surface area contributed by atoms with Crippen molar-refractivity contribution in [2.24, 2.45) is 11.3 Å². The highest BCUT2D eigenvalue weighted by molar-refractivity contribution is 6.42. The Morgan fingerprint density at radius 1 is 1.14 bits per heavy atom. The standard InChI is InChI=1S/C16H21Cl3N2/c1-9(16(3,4)5)8-21-14-7-12(19)11(18)6-13(14)20-15(21)10(2)17/h6-7,9-10H,8H2,1-5H3. The SMILES string of the molecule is CC(Cl)c1nc2cc(Cl)c(Cl)cc2n1CC(C)C(C)(C)C. The molecule has 0 radical (unpaired) electrons. The number of fused-ring (bicyclic) bond motifs is 1. The van der Waals surface area contributed by atoms with Gasteiger partial charge in [0.15, 0.2) is 0 Å². The maximum Gasteiger partial charge on any atom is 0.127 e. The van der Waals surface area contributed by atoms with Gasteiger partial charge in [-0.1, -0.05) is 50.9 Å². The summed E-state index contributed by atoms with van der Waals surface area (Å²) in [5.74, 6) is 1.33. The van der Waals surface area contributed by atoms with Crippen LogP contribution in [0.3, 0.4) is 0 Å². The number of benzene rings is 1. The highest BCUT2D eigenvalue weighted by Gasteiger charge is 2.24. The van der Waals surface area contributed by atoms with E-state index in [2.05, 4.69) is 37.2 Å². The fourth-order valence-corrected chi connectivity index (χ4v) is 2.66. The molecular weight excluding hydrogens is 327 g/mol. The zero-order valence-electron chi connectivity index (χ0n) is 13.0. The normalized spacial score (nSPS) is 15.4. The number of aromatic nitrogens is 2. The summed E-state index contributed by atoms with van der Waals surface area (Å²) in [6, 6.07) is 3.69. The van der Waals surface area contributed by atoms with Crippen LogP contribution in [0.2, 0.25) is 10.0 Å². The summed E-state index contributed by atoms with van der Waals surface area (Å²) in [5, 5.41) is 0.899. The molecule has 21 heavy (non-hydrogen) atoms. The van der Waals surface area contributed by atoms with Gasteiger partial charge in [0, 0.05) is 6.54 Å². The summed E-state index contributed by atoms with van der Waals surface area (Å²) in [6.07, 6.45) is 0. The van der Waals surface area contributed by atoms with Crippen LogP contribution < -0.4 is 0 Å². The molecule has 0 bridgehead atoms. The Bertz CT molecular complexity index is 654. The molecule has 2 rings (SSSR count). The lowest BCUT2D eigenvalue weighted by atomic mass is 9.82. The van der Waals surface area contributed by atoms with E-state index >= 15 is 0 Å². The first-order valence-corrected chi connectivity index (χ1v) is 8.29. The zero-order chi connectivity index (χ0) is 15.9. The summed E-state index contributed by atoms with van der Waals surface area (Å²) in [6.45, 7) is 11.7. The van der Waals surface area contributed by atoms with Crippen molar-refractivity contribution in [3.8, 4) is 0 Å². The van der Waals surface area contributed by atoms with E-state index in [1.54, 1.807) is 6.07 Å². The van der Waals surface area contributed by atoms with Crippen molar-refractivity contribution in [3.05, 3.63) is 28.0 Å². The van der Waals surface area contributed by atoms with Gasteiger partial charge in [0.2, 0.25) is 0 Å². The molecule has 1 aromatic carbocycles. The molecule has 5 heteroatoms. The largest absolute Gasteiger partial charge is 0.326 e. The van der Waals surface area contributed by atoms with Gasteiger partial charge in [0.25, 0.3) is 0 Å². The monoisotopic (exact) mass is 346 g/mol. The molecule has 0 aliphatic carbocycles. The van der Waals surface area contributed by atoms with Crippen LogP contribution in [0.25, 0.3) is 11.0 Å². The number of rotatable bonds is 3. The van der Waals surface area contributed by atoms with E-state index in [4.69, 9.17) is 34.8 Å². The van der Waals surface area contributed by atoms with Crippen LogP contribution in [-0.2, 0) is 6.54 Å². The Morgan fingerprint density at radius 2 is 1.71 bits per heavy atom. The number of alkyl halides is 1. The molecule has 2 atom stereocenters. The number of halogens is 3. The zero-order valence-corrected chi connectivity index (χ0v) is 15.3. The molecule has 0 N–H and O–H groups in total. The Kier molecular flexibility index (Phi) is 4.82. The van der Waals surface area contributed by atoms with Gasteiger partial charge in [-0.2, -0.15) is 0 Å². The first kappa shape index (κ1) is 16.9. The fraction of sp³-hybridized carbons (Fsp3) is 0.562. The molecule has 0 saturated heterocycles. The second kappa shape index (κ2) is 5.98. The van der Waals surface area contributed by atoms with Crippen molar-refractivity contribution in [2.75, 3.05) is 0 Å². The Balaban J connectivity index is 2.58. The van der Waals surface area contributed by atoms with E-state index in [-0.39, 0.29) is 10.8 Å². The van der Waals surface area contributed by atoms with E-state index < -0.39 is 0 Å². The number of hydrogen-bond donors (Lipinski definition) is 0. The third-order valence-electron chi connectivity index (χ3n) is 4.11. The van der Waals surface area contributed by atoms with E-state index in [1.807, 2.05) is 13.0 Å². The van der Waals surface area contributed by atoms with E-state index in [1.165, 1.54) is 0 Å². The molecule has 0 aliphatic rings. The molecule has 2 aromatic rings. The van der Waals surface area contributed by atoms with Crippen LogP contribution in [0.15, 0.2) is 12.1 Å². The smallest absolute Gasteiger partial charge is 0.127 e. The van der Waals surface area contributed by atoms with Gasteiger partial charge in [-0.15, -0.1) is 11.6 Å². The lowest BCUT2D eigenvalue weighted by Crippen LogP contribution is -2.23. The second-order valence-electron chi connectivity index (χ2n) is 6.72. The molecule has 1 aromatic heterocycles. The predicted molar refractivity (Wildman–Crippen MR) is 92.6 cm³/mol. The third-order valence-corrected chi connectivity index (χ3v) is 5.03. The van der Waals surface area contributed by atoms with Crippen LogP contribution in [0.5, 0.6) is 0 Å². The van der Waals surface area contributed by atoms with Gasteiger partial charge in [0.1, 0.15) is 5.82 Å². The third kappa shape index (κ3) is 3.49. The summed E-state index contributed by atoms with van der Waals surface area (Å²) in [4.78, 5) is 4.64. The summed E-state index contributed by atoms with van der Waals surface area (Å²) < 4.78 is 2.17. The minimum atomic E-state index is -0.165. The van der Waals surface area contributed by atoms with Crippen LogP contribution >= 0.6 is 34.8 Å². The molecule has 0 fully saturated rings. The fourth-order valence-electron chi connectivity index (χ4n) is 2.18. The topological polar surface area (TPSA) is 17.8 Å². The molecule has 0 amide bonds. The van der Waals surface area contributed by atoms with E-state index in [9.17, 15) is 0 Å². The van der Waals surface area contributed by atoms with Crippen molar-refractivity contribution < 1.29 is 0 Å². The van der Waals surface area contributed by atoms with Gasteiger partial charge in [0.05, 0.1) is 26.5 Å². The van der Waals surface area contributed by atoms with Crippen molar-refractivity contribution >= 4 is 45.8 Å². The van der Waals surface area contributed by atoms with Gasteiger partial charge < -0.3 is 4.57 Å². The molecule has 2 unspecified atom stereocenters. The maximum absolute atomic E-state index is 6.31. The predicted octanol–water partition coefficient (Wildman–Crippen LogP) is 6.33. The summed E-state index contributed by atoms with van der Waals surface area (Å²) >= 11 is 18.6. The van der Waals surface area contributed by atoms with Crippen LogP contribution in [-0.4, -0.2) is 9.55 Å². The summed E-state index contributed by atoms with van der Waals surface area (Å²) in [7, 11) is 0. The molecule has 116 valence electrons. The molecular formula is C16H21Cl3N2. The minimum Gasteiger partial charge on any atom is -0.326 e. The molecule has 0 saturated carbocycles. The number of nitrogens with zero attached hydrogens (tertiary/aromatic N) is 2. The van der Waals surface area contributed by atoms with E-state index in [0.717, 1.165) is 23.4 Å². The van der Waals surface area contributed by atoms with Crippen LogP contribution in [0, 0.1) is 11.3 Å². The van der Waals surface area contributed by atoms with Gasteiger partial charge in [-0.25, -0.2) is 4.98 Å². The molecule has 1 heterocycles. The van der Waals surface area contributed by atoms with Gasteiger partial charge in [-0.05, 0) is 30.4 Å². The lowest BCUT2D eigenvalue weighted by molar-refractivity contribution is 0.233. The highest BCUT2D eigenvalue weighted by Crippen LogP contribution is 2.34. The van der Waals surface area contributed by atoms with Crippen molar-refractivity contribution in [1.29, 1.82) is 0 Å². The first-order valence-electron chi connectivity index (χ1n) is 7.10. The average Bonchev–Trinajstić information content (AvgIpc) is 2.67. The van der Waals surface area contributed by atoms with Crippen LogP contribution in [0.1, 0.15) is 45.8 Å². The Hall–Kier alpha value is -0.440. The van der Waals surface area contributed by atoms with Crippen molar-refractivity contribution in [2.45, 2.75) is 46.5 Å². The molecule has 0 aliphatic heterocycles. The molecule has 0 spiro atoms. The quantitative estimate of drug-likeness (QED) is 0.593. The Labute approximate surface area is 141 Å². The van der Waals surface area contributed by atoms with Crippen molar-refractivity contribution in [1.82, 2.24) is 9.55 Å². The first-order chi connectivity index (χ1) is 9.61.